The third-order valence-electron chi connectivity index (χ3n) is 3.49. The number of ether oxygens (including phenoxy) is 2. The second kappa shape index (κ2) is 8.17. The van der Waals surface area contributed by atoms with Crippen LogP contribution in [-0.2, 0) is 9.47 Å². The van der Waals surface area contributed by atoms with Crippen LogP contribution in [0.4, 0.5) is 10.6 Å². The van der Waals surface area contributed by atoms with Crippen molar-refractivity contribution in [2.75, 3.05) is 11.9 Å². The number of carbonyl (C=O) groups is 1. The van der Waals surface area contributed by atoms with Gasteiger partial charge in [-0.25, -0.2) is 14.3 Å². The Morgan fingerprint density at radius 2 is 2.11 bits per heavy atom. The van der Waals surface area contributed by atoms with Gasteiger partial charge in [0.15, 0.2) is 11.9 Å². The molecule has 4 N–H and O–H groups in total. The predicted octanol–water partition coefficient (Wildman–Crippen LogP) is 0.329. The van der Waals surface area contributed by atoms with Crippen molar-refractivity contribution in [2.45, 2.75) is 44.7 Å². The number of aromatic nitrogens is 3. The second-order valence-electron chi connectivity index (χ2n) is 6.66. The lowest BCUT2D eigenvalue weighted by Gasteiger charge is -2.23. The molecule has 2 aromatic heterocycles. The highest BCUT2D eigenvalue weighted by Crippen LogP contribution is 2.25. The zero-order valence-electron chi connectivity index (χ0n) is 15.0. The molecular weight excluding hydrogens is 358 g/mol. The lowest BCUT2D eigenvalue weighted by Crippen LogP contribution is -2.36. The lowest BCUT2D eigenvalue weighted by molar-refractivity contribution is -0.0798. The number of hydrogen-bond donors (Lipinski definition) is 4. The van der Waals surface area contributed by atoms with Gasteiger partial charge < -0.3 is 24.8 Å². The normalized spacial score (nSPS) is 14.9. The molecule has 146 valence electrons. The molecule has 0 spiro atoms. The van der Waals surface area contributed by atoms with Gasteiger partial charge >= 0.3 is 6.09 Å². The fourth-order valence-corrected chi connectivity index (χ4v) is 2.34. The summed E-state index contributed by atoms with van der Waals surface area (Å²) in [4.78, 5) is 15.9. The van der Waals surface area contributed by atoms with Crippen molar-refractivity contribution in [3.8, 4) is 6.26 Å². The van der Waals surface area contributed by atoms with E-state index in [1.807, 2.05) is 0 Å². The quantitative estimate of drug-likeness (QED) is 0.518. The second-order valence-corrected chi connectivity index (χ2v) is 6.66. The van der Waals surface area contributed by atoms with Gasteiger partial charge in [-0.1, -0.05) is 0 Å². The fourth-order valence-electron chi connectivity index (χ4n) is 2.34. The van der Waals surface area contributed by atoms with Gasteiger partial charge in [0.2, 0.25) is 0 Å². The molecule has 0 aromatic carbocycles. The molecule has 0 aliphatic carbocycles. The van der Waals surface area contributed by atoms with Gasteiger partial charge in [-0.3, -0.25) is 5.32 Å². The number of amides is 1. The largest absolute Gasteiger partial charge is 0.444 e. The molecule has 0 saturated carbocycles. The van der Waals surface area contributed by atoms with Crippen molar-refractivity contribution in [3.63, 3.8) is 0 Å². The third kappa shape index (κ3) is 4.82. The maximum Gasteiger partial charge on any atom is 0.413 e. The van der Waals surface area contributed by atoms with E-state index in [-0.39, 0.29) is 11.5 Å². The molecule has 2 aromatic rings. The zero-order valence-corrected chi connectivity index (χ0v) is 15.0. The number of nitrogens with zero attached hydrogens (tertiary/aromatic N) is 4. The van der Waals surface area contributed by atoms with E-state index in [2.05, 4.69) is 20.1 Å². The number of anilines is 1. The molecule has 0 fully saturated rings. The maximum atomic E-state index is 12.0. The Kier molecular flexibility index (Phi) is 6.17. The van der Waals surface area contributed by atoms with Gasteiger partial charge in [0.05, 0.1) is 12.3 Å². The number of hydrogen-bond acceptors (Lipinski definition) is 9. The average molecular weight is 379 g/mol. The summed E-state index contributed by atoms with van der Waals surface area (Å²) in [7, 11) is 0. The molecule has 27 heavy (non-hydrogen) atoms. The minimum Gasteiger partial charge on any atom is -0.444 e. The summed E-state index contributed by atoms with van der Waals surface area (Å²) < 4.78 is 11.0. The highest BCUT2D eigenvalue weighted by atomic mass is 16.6. The van der Waals surface area contributed by atoms with Crippen molar-refractivity contribution in [2.24, 2.45) is 0 Å². The van der Waals surface area contributed by atoms with Crippen LogP contribution in [0, 0.1) is 11.5 Å². The first-order valence-corrected chi connectivity index (χ1v) is 8.02. The molecule has 0 aliphatic heterocycles. The first-order valence-electron chi connectivity index (χ1n) is 8.02. The highest BCUT2D eigenvalue weighted by Gasteiger charge is 2.31. The van der Waals surface area contributed by atoms with Crippen LogP contribution in [0.2, 0.25) is 0 Å². The topological polar surface area (TPSA) is 162 Å². The van der Waals surface area contributed by atoms with E-state index in [9.17, 15) is 20.1 Å². The summed E-state index contributed by atoms with van der Waals surface area (Å²) in [5.41, 5.74) is -0.209. The number of fused-ring (bicyclic) bond motifs is 1. The van der Waals surface area contributed by atoms with Crippen molar-refractivity contribution in [1.82, 2.24) is 14.6 Å². The van der Waals surface area contributed by atoms with Crippen LogP contribution in [0.25, 0.3) is 5.52 Å². The number of nitriles is 1. The van der Waals surface area contributed by atoms with Crippen molar-refractivity contribution < 1.29 is 29.6 Å². The third-order valence-corrected chi connectivity index (χ3v) is 3.49. The van der Waals surface area contributed by atoms with E-state index in [0.29, 0.717) is 5.52 Å². The van der Waals surface area contributed by atoms with Gasteiger partial charge in [0.25, 0.3) is 6.26 Å². The average Bonchev–Trinajstić information content (AvgIpc) is 3.01. The van der Waals surface area contributed by atoms with E-state index in [1.165, 1.54) is 22.9 Å². The molecule has 1 amide bonds. The Morgan fingerprint density at radius 3 is 2.70 bits per heavy atom. The Bertz CT molecular complexity index is 840. The monoisotopic (exact) mass is 379 g/mol. The van der Waals surface area contributed by atoms with Crippen molar-refractivity contribution in [3.05, 3.63) is 24.2 Å². The van der Waals surface area contributed by atoms with Crippen LogP contribution < -0.4 is 5.32 Å². The van der Waals surface area contributed by atoms with Crippen molar-refractivity contribution >= 4 is 17.4 Å². The van der Waals surface area contributed by atoms with E-state index >= 15 is 0 Å². The standard InChI is InChI=1S/C16H21N5O6/c1-16(2,3)27-15(25)20-14-10-5-4-9(21(10)19-8-18-14)12(23)13(24)11(6-22)26-7-17/h4-5,8,11-13,22-24H,6H2,1-3H3,(H,18,19,20,25)/t11-,12+,13-/m1/s1. The summed E-state index contributed by atoms with van der Waals surface area (Å²) >= 11 is 0. The van der Waals surface area contributed by atoms with Crippen LogP contribution >= 0.6 is 0 Å². The van der Waals surface area contributed by atoms with E-state index in [0.717, 1.165) is 6.33 Å². The van der Waals surface area contributed by atoms with Gasteiger partial charge in [-0.15, -0.1) is 0 Å². The molecule has 0 bridgehead atoms. The molecular formula is C16H21N5O6. The van der Waals surface area contributed by atoms with Gasteiger partial charge in [-0.2, -0.15) is 10.4 Å². The first-order chi connectivity index (χ1) is 12.7. The number of rotatable bonds is 6. The van der Waals surface area contributed by atoms with Crippen LogP contribution in [0.3, 0.4) is 0 Å². The Morgan fingerprint density at radius 1 is 1.41 bits per heavy atom. The van der Waals surface area contributed by atoms with Crippen LogP contribution in [-0.4, -0.2) is 60.4 Å². The summed E-state index contributed by atoms with van der Waals surface area (Å²) in [6.45, 7) is 4.48. The molecule has 3 atom stereocenters. The Labute approximate surface area is 154 Å². The minimum atomic E-state index is -1.59. The maximum absolute atomic E-state index is 12.0. The number of aliphatic hydroxyl groups excluding tert-OH is 3. The highest BCUT2D eigenvalue weighted by molar-refractivity contribution is 5.88. The van der Waals surface area contributed by atoms with Gasteiger partial charge in [-0.05, 0) is 32.9 Å². The van der Waals surface area contributed by atoms with Gasteiger partial charge in [0, 0.05) is 0 Å². The van der Waals surface area contributed by atoms with Crippen LogP contribution in [0.5, 0.6) is 0 Å². The number of nitrogens with one attached hydrogen (secondary N) is 1. The van der Waals surface area contributed by atoms with Crippen molar-refractivity contribution in [1.29, 1.82) is 5.26 Å². The molecule has 11 nitrogen and oxygen atoms in total. The lowest BCUT2D eigenvalue weighted by atomic mass is 10.1. The molecule has 0 radical (unpaired) electrons. The summed E-state index contributed by atoms with van der Waals surface area (Å²) in [6, 6.07) is 2.98. The molecule has 2 rings (SSSR count). The summed E-state index contributed by atoms with van der Waals surface area (Å²) in [6.07, 6.45) is -2.63. The molecule has 0 saturated heterocycles. The fraction of sp³-hybridized carbons (Fsp3) is 0.500. The zero-order chi connectivity index (χ0) is 20.2. The first kappa shape index (κ1) is 20.4. The molecule has 2 heterocycles. The van der Waals surface area contributed by atoms with E-state index < -0.39 is 36.6 Å². The molecule has 11 heteroatoms. The Balaban J connectivity index is 2.29. The van der Waals surface area contributed by atoms with Crippen LogP contribution in [0.1, 0.15) is 32.6 Å². The van der Waals surface area contributed by atoms with E-state index in [4.69, 9.17) is 10.00 Å². The predicted molar refractivity (Wildman–Crippen MR) is 91.4 cm³/mol. The molecule has 0 aliphatic rings. The van der Waals surface area contributed by atoms with Gasteiger partial charge in [0.1, 0.15) is 29.7 Å². The SMILES string of the molecule is CC(C)(C)OC(=O)Nc1ncnn2c([C@H](O)[C@H](O)[C@@H](CO)OC#N)ccc12. The number of aliphatic hydroxyl groups is 3. The Hall–Kier alpha value is -2.94. The minimum absolute atomic E-state index is 0.138. The summed E-state index contributed by atoms with van der Waals surface area (Å²) in [5, 5.41) is 44.7. The van der Waals surface area contributed by atoms with E-state index in [1.54, 1.807) is 20.8 Å². The number of carbonyl (C=O) groups excluding carboxylic acids is 1. The smallest absolute Gasteiger partial charge is 0.413 e. The molecule has 0 unspecified atom stereocenters. The summed E-state index contributed by atoms with van der Waals surface area (Å²) in [5.74, 6) is 0.138. The van der Waals surface area contributed by atoms with Crippen LogP contribution in [0.15, 0.2) is 18.5 Å².